The van der Waals surface area contributed by atoms with Crippen molar-refractivity contribution in [1.82, 2.24) is 0 Å². The predicted molar refractivity (Wildman–Crippen MR) is 48.7 cm³/mol. The van der Waals surface area contributed by atoms with Gasteiger partial charge in [-0.15, -0.1) is 0 Å². The van der Waals surface area contributed by atoms with E-state index in [0.29, 0.717) is 18.5 Å². The Labute approximate surface area is 76.3 Å². The van der Waals surface area contributed by atoms with Crippen molar-refractivity contribution in [3.8, 4) is 0 Å². The van der Waals surface area contributed by atoms with E-state index in [9.17, 15) is 4.39 Å². The number of hydrogen-bond acceptors (Lipinski definition) is 1. The van der Waals surface area contributed by atoms with Crippen LogP contribution in [-0.2, 0) is 13.0 Å². The molecule has 1 rings (SSSR count). The summed E-state index contributed by atoms with van der Waals surface area (Å²) in [6.45, 7) is 2.28. The van der Waals surface area contributed by atoms with Crippen molar-refractivity contribution in [2.75, 3.05) is 0 Å². The summed E-state index contributed by atoms with van der Waals surface area (Å²) in [7, 11) is 0. The van der Waals surface area contributed by atoms with Crippen LogP contribution in [0.1, 0.15) is 18.1 Å². The molecule has 0 atom stereocenters. The molecule has 1 aromatic rings. The Morgan fingerprint density at radius 3 is 2.67 bits per heavy atom. The van der Waals surface area contributed by atoms with Crippen molar-refractivity contribution in [2.24, 2.45) is 5.73 Å². The molecule has 0 amide bonds. The molecule has 0 aliphatic carbocycles. The Hall–Kier alpha value is -0.600. The summed E-state index contributed by atoms with van der Waals surface area (Å²) in [4.78, 5) is 0. The van der Waals surface area contributed by atoms with E-state index < -0.39 is 0 Å². The zero-order chi connectivity index (χ0) is 9.14. The van der Waals surface area contributed by atoms with E-state index in [2.05, 4.69) is 0 Å². The van der Waals surface area contributed by atoms with Crippen LogP contribution in [-0.4, -0.2) is 0 Å². The third-order valence-corrected chi connectivity index (χ3v) is 2.05. The molecular weight excluding hydrogens is 177 g/mol. The van der Waals surface area contributed by atoms with E-state index in [-0.39, 0.29) is 10.8 Å². The van der Waals surface area contributed by atoms with E-state index in [4.69, 9.17) is 17.3 Å². The Morgan fingerprint density at radius 2 is 2.17 bits per heavy atom. The van der Waals surface area contributed by atoms with Crippen LogP contribution >= 0.6 is 11.6 Å². The highest BCUT2D eigenvalue weighted by Crippen LogP contribution is 2.20. The fourth-order valence-electron chi connectivity index (χ4n) is 1.08. The Morgan fingerprint density at radius 1 is 1.50 bits per heavy atom. The molecule has 0 saturated heterocycles. The summed E-state index contributed by atoms with van der Waals surface area (Å²) in [6, 6.07) is 3.32. The SMILES string of the molecule is CCc1cc(CN)cc(Cl)c1F. The molecule has 0 bridgehead atoms. The standard InChI is InChI=1S/C9H11ClFN/c1-2-7-3-6(5-12)4-8(10)9(7)11/h3-4H,2,5,12H2,1H3. The van der Waals surface area contributed by atoms with Gasteiger partial charge in [0.2, 0.25) is 0 Å². The number of aryl methyl sites for hydroxylation is 1. The highest BCUT2D eigenvalue weighted by molar-refractivity contribution is 6.30. The fraction of sp³-hybridized carbons (Fsp3) is 0.333. The minimum Gasteiger partial charge on any atom is -0.326 e. The number of rotatable bonds is 2. The summed E-state index contributed by atoms with van der Waals surface area (Å²) in [5.41, 5.74) is 6.91. The van der Waals surface area contributed by atoms with Crippen molar-refractivity contribution in [3.05, 3.63) is 34.1 Å². The van der Waals surface area contributed by atoms with Crippen LogP contribution in [0.2, 0.25) is 5.02 Å². The second-order valence-corrected chi connectivity index (χ2v) is 3.02. The summed E-state index contributed by atoms with van der Waals surface area (Å²) in [6.07, 6.45) is 0.638. The van der Waals surface area contributed by atoms with Crippen LogP contribution < -0.4 is 5.73 Å². The lowest BCUT2D eigenvalue weighted by Gasteiger charge is -2.04. The molecule has 0 aliphatic heterocycles. The minimum absolute atomic E-state index is 0.162. The third-order valence-electron chi connectivity index (χ3n) is 1.78. The molecule has 3 heteroatoms. The maximum Gasteiger partial charge on any atom is 0.144 e. The number of hydrogen-bond donors (Lipinski definition) is 1. The van der Waals surface area contributed by atoms with E-state index in [1.807, 2.05) is 6.92 Å². The normalized spacial score (nSPS) is 10.3. The second kappa shape index (κ2) is 3.87. The molecule has 1 nitrogen and oxygen atoms in total. The molecule has 1 aromatic carbocycles. The second-order valence-electron chi connectivity index (χ2n) is 2.61. The first-order chi connectivity index (χ1) is 5.69. The van der Waals surface area contributed by atoms with Gasteiger partial charge < -0.3 is 5.73 Å². The molecule has 0 fully saturated rings. The van der Waals surface area contributed by atoms with Crippen molar-refractivity contribution in [2.45, 2.75) is 19.9 Å². The van der Waals surface area contributed by atoms with Gasteiger partial charge in [-0.1, -0.05) is 24.6 Å². The summed E-state index contributed by atoms with van der Waals surface area (Å²) in [5, 5.41) is 0.162. The monoisotopic (exact) mass is 187 g/mol. The highest BCUT2D eigenvalue weighted by atomic mass is 35.5. The number of halogens is 2. The van der Waals surface area contributed by atoms with Crippen LogP contribution in [0.15, 0.2) is 12.1 Å². The predicted octanol–water partition coefficient (Wildman–Crippen LogP) is 2.50. The molecule has 0 aromatic heterocycles. The van der Waals surface area contributed by atoms with Crippen molar-refractivity contribution >= 4 is 11.6 Å². The first kappa shape index (κ1) is 9.49. The first-order valence-electron chi connectivity index (χ1n) is 3.86. The highest BCUT2D eigenvalue weighted by Gasteiger charge is 2.06. The maximum atomic E-state index is 13.1. The van der Waals surface area contributed by atoms with Crippen LogP contribution in [0.4, 0.5) is 4.39 Å². The lowest BCUT2D eigenvalue weighted by atomic mass is 10.1. The van der Waals surface area contributed by atoms with Gasteiger partial charge in [-0.25, -0.2) is 4.39 Å². The molecule has 0 heterocycles. The summed E-state index contributed by atoms with van der Waals surface area (Å²) >= 11 is 5.65. The van der Waals surface area contributed by atoms with Crippen LogP contribution in [0.3, 0.4) is 0 Å². The average molecular weight is 188 g/mol. The van der Waals surface area contributed by atoms with E-state index >= 15 is 0 Å². The van der Waals surface area contributed by atoms with Gasteiger partial charge in [-0.2, -0.15) is 0 Å². The smallest absolute Gasteiger partial charge is 0.144 e. The van der Waals surface area contributed by atoms with Gasteiger partial charge in [0.25, 0.3) is 0 Å². The van der Waals surface area contributed by atoms with Crippen LogP contribution in [0.25, 0.3) is 0 Å². The Balaban J connectivity index is 3.19. The number of benzene rings is 1. The first-order valence-corrected chi connectivity index (χ1v) is 4.23. The van der Waals surface area contributed by atoms with Crippen LogP contribution in [0, 0.1) is 5.82 Å². The fourth-order valence-corrected chi connectivity index (χ4v) is 1.34. The van der Waals surface area contributed by atoms with Gasteiger partial charge in [0.05, 0.1) is 5.02 Å². The molecule has 0 aliphatic rings. The van der Waals surface area contributed by atoms with Gasteiger partial charge in [-0.05, 0) is 23.6 Å². The van der Waals surface area contributed by atoms with Gasteiger partial charge in [-0.3, -0.25) is 0 Å². The zero-order valence-corrected chi connectivity index (χ0v) is 7.66. The molecular formula is C9H11ClFN. The quantitative estimate of drug-likeness (QED) is 0.757. The summed E-state index contributed by atoms with van der Waals surface area (Å²) in [5.74, 6) is -0.323. The van der Waals surface area contributed by atoms with Gasteiger partial charge in [0.1, 0.15) is 5.82 Å². The van der Waals surface area contributed by atoms with Crippen LogP contribution in [0.5, 0.6) is 0 Å². The molecule has 0 saturated carbocycles. The third kappa shape index (κ3) is 1.76. The van der Waals surface area contributed by atoms with E-state index in [0.717, 1.165) is 5.56 Å². The molecule has 0 spiro atoms. The topological polar surface area (TPSA) is 26.0 Å². The lowest BCUT2D eigenvalue weighted by Crippen LogP contribution is -1.99. The van der Waals surface area contributed by atoms with Crippen molar-refractivity contribution < 1.29 is 4.39 Å². The Bertz CT molecular complexity index is 286. The van der Waals surface area contributed by atoms with Gasteiger partial charge >= 0.3 is 0 Å². The summed E-state index contributed by atoms with van der Waals surface area (Å²) < 4.78 is 13.1. The largest absolute Gasteiger partial charge is 0.326 e. The van der Waals surface area contributed by atoms with E-state index in [1.165, 1.54) is 0 Å². The van der Waals surface area contributed by atoms with Crippen molar-refractivity contribution in [1.29, 1.82) is 0 Å². The number of nitrogens with two attached hydrogens (primary N) is 1. The maximum absolute atomic E-state index is 13.1. The molecule has 0 radical (unpaired) electrons. The molecule has 0 unspecified atom stereocenters. The Kier molecular flexibility index (Phi) is 3.06. The zero-order valence-electron chi connectivity index (χ0n) is 6.90. The van der Waals surface area contributed by atoms with Gasteiger partial charge in [0.15, 0.2) is 0 Å². The van der Waals surface area contributed by atoms with Crippen molar-refractivity contribution in [3.63, 3.8) is 0 Å². The molecule has 12 heavy (non-hydrogen) atoms. The molecule has 2 N–H and O–H groups in total. The minimum atomic E-state index is -0.323. The van der Waals surface area contributed by atoms with Gasteiger partial charge in [0, 0.05) is 6.54 Å². The average Bonchev–Trinajstić information content (AvgIpc) is 2.09. The lowest BCUT2D eigenvalue weighted by molar-refractivity contribution is 0.611. The molecule has 66 valence electrons. The van der Waals surface area contributed by atoms with E-state index in [1.54, 1.807) is 12.1 Å².